The molecule has 0 aliphatic carbocycles. The number of halogens is 10. The molecule has 0 bridgehead atoms. The van der Waals surface area contributed by atoms with E-state index in [4.69, 9.17) is 22.1 Å². The molecule has 5 N–H and O–H groups in total. The fraction of sp³-hybridized carbons (Fsp3) is 0.397. The average molecular weight is 1450 g/mol. The van der Waals surface area contributed by atoms with E-state index in [0.29, 0.717) is 57.0 Å². The molecule has 544 valence electrons. The number of rotatable bonds is 26. The fourth-order valence-corrected chi connectivity index (χ4v) is 7.64. The number of esters is 3. The maximum Gasteiger partial charge on any atom is 0.407 e. The molecule has 0 saturated heterocycles. The molecule has 3 atom stereocenters. The molecule has 0 spiro atoms. The molecule has 98 heavy (non-hydrogen) atoms. The van der Waals surface area contributed by atoms with Gasteiger partial charge in [0.1, 0.15) is 18.8 Å². The molecule has 6 aromatic carbocycles. The lowest BCUT2D eigenvalue weighted by Crippen LogP contribution is -3.00. The summed E-state index contributed by atoms with van der Waals surface area (Å²) >= 11 is 4.54. The number of thiocarbonyl (C=S) groups is 1. The molecule has 1 amide bonds. The highest BCUT2D eigenvalue weighted by Gasteiger charge is 2.35. The number of amides is 1. The van der Waals surface area contributed by atoms with Crippen molar-refractivity contribution in [1.29, 1.82) is 0 Å². The third-order valence-corrected chi connectivity index (χ3v) is 13.3. The summed E-state index contributed by atoms with van der Waals surface area (Å²) in [5.41, 5.74) is 6.61. The number of nitrogens with one attached hydrogen (secondary N) is 1. The van der Waals surface area contributed by atoms with Gasteiger partial charge in [-0.1, -0.05) is 201 Å². The van der Waals surface area contributed by atoms with Gasteiger partial charge in [-0.2, -0.15) is 8.78 Å². The van der Waals surface area contributed by atoms with Crippen LogP contribution in [-0.4, -0.2) is 121 Å². The van der Waals surface area contributed by atoms with E-state index in [0.717, 1.165) is 0 Å². The Balaban J connectivity index is -0.000000629. The highest BCUT2D eigenvalue weighted by Crippen LogP contribution is 2.27. The van der Waals surface area contributed by atoms with Gasteiger partial charge in [0.05, 0.1) is 24.3 Å². The molecule has 14 nitrogen and oxygen atoms in total. The van der Waals surface area contributed by atoms with E-state index in [9.17, 15) is 68.7 Å². The summed E-state index contributed by atoms with van der Waals surface area (Å²) in [6.45, 7) is 7.16. The summed E-state index contributed by atoms with van der Waals surface area (Å²) in [7, 11) is 1.25. The van der Waals surface area contributed by atoms with Gasteiger partial charge < -0.3 is 47.5 Å². The maximum atomic E-state index is 14.0. The summed E-state index contributed by atoms with van der Waals surface area (Å²) in [5, 5.41) is 11.0. The number of ether oxygens (including phenoxy) is 4. The maximum absolute atomic E-state index is 14.0. The molecular weight excluding hydrogens is 1350 g/mol. The zero-order valence-corrected chi connectivity index (χ0v) is 57.2. The average Bonchev–Trinajstić information content (AvgIpc) is 0.849. The molecule has 0 aliphatic rings. The standard InChI is InChI=1S/C24H27F2NO5.C21H20F2O3S.C19H19F2NO3.C4H8F2O.C2H6.3CH4.2ClH/c1-16(18-11-8-12-19(13-18)20(28)17-9-6-5-7-10-17)21(29)31-15-24(25,26)14-27-22(30)32-23(2,3)4;1-15(20(25)26-14-21(22,23)11-6-12-27)17-9-5-10-18(13-17)19(24)16-7-3-2-4-8-16;1-13(18(24)25-12-19(20,21)11-22)15-8-5-9-16(10-15)17(23)14-6-3-2-4-7-14;1-2-4(5,6)3-7;1-2;;;;;/h5-13,16H,14-15H2,1-4H3,(H,27,30);2-5,7-10,12-13,15H,6,11,14H2,1H3;2-10,13H,11-12,22H2,1H3;7H,2-3H2,1H3;1-2H3;3*1H4;2*1H/t16-;15-;13-;;;;;;;/m111......./s1/i;;;;1D;1T;;;;. The smallest absolute Gasteiger partial charge is 0.407 e. The molecule has 0 fully saturated rings. The number of hydrogen-bond acceptors (Lipinski definition) is 13. The predicted molar refractivity (Wildman–Crippen MR) is 368 cm³/mol. The van der Waals surface area contributed by atoms with Crippen molar-refractivity contribution in [3.05, 3.63) is 214 Å². The fourth-order valence-electron chi connectivity index (χ4n) is 7.52. The Hall–Kier alpha value is -7.96. The van der Waals surface area contributed by atoms with Crippen LogP contribution in [0.2, 0.25) is 0 Å². The van der Waals surface area contributed by atoms with Crippen molar-refractivity contribution < 1.29 is 114 Å². The topological polar surface area (TPSA) is 216 Å². The lowest BCUT2D eigenvalue weighted by atomic mass is 9.96. The minimum Gasteiger partial charge on any atom is -1.00 e. The quantitative estimate of drug-likeness (QED) is 0.0152. The number of ketones is 3. The zero-order chi connectivity index (χ0) is 72.9. The van der Waals surface area contributed by atoms with Gasteiger partial charge in [-0.25, -0.2) is 31.1 Å². The molecular formula is C73H94Cl2F8N2O12S. The van der Waals surface area contributed by atoms with Crippen LogP contribution in [0.1, 0.15) is 189 Å². The molecule has 0 aliphatic heterocycles. The van der Waals surface area contributed by atoms with Gasteiger partial charge in [0.2, 0.25) is 0 Å². The number of alkyl carbamates (subject to hydrolysis) is 1. The second-order valence-corrected chi connectivity index (χ2v) is 22.0. The number of carbonyl (C=O) groups is 7. The molecule has 0 aromatic heterocycles. The molecule has 6 aromatic rings. The van der Waals surface area contributed by atoms with E-state index >= 15 is 0 Å². The van der Waals surface area contributed by atoms with Crippen LogP contribution in [0.3, 0.4) is 0 Å². The van der Waals surface area contributed by atoms with Crippen LogP contribution in [0.15, 0.2) is 164 Å². The summed E-state index contributed by atoms with van der Waals surface area (Å²) in [4.78, 5) is 85.6. The van der Waals surface area contributed by atoms with Gasteiger partial charge in [-0.15, -0.1) is 12.4 Å². The Labute approximate surface area is 591 Å². The van der Waals surface area contributed by atoms with E-state index in [2.05, 4.69) is 22.7 Å². The number of benzene rings is 6. The minimum absolute atomic E-state index is 0. The van der Waals surface area contributed by atoms with E-state index in [1.807, 2.05) is 17.4 Å². The Bertz CT molecular complexity index is 3380. The van der Waals surface area contributed by atoms with Crippen molar-refractivity contribution >= 4 is 71.3 Å². The van der Waals surface area contributed by atoms with Crippen molar-refractivity contribution in [3.8, 4) is 0 Å². The van der Waals surface area contributed by atoms with Crippen molar-refractivity contribution in [2.75, 3.05) is 39.5 Å². The van der Waals surface area contributed by atoms with E-state index in [1.165, 1.54) is 26.6 Å². The second kappa shape index (κ2) is 47.1. The summed E-state index contributed by atoms with van der Waals surface area (Å²) < 4.78 is 136. The van der Waals surface area contributed by atoms with Crippen molar-refractivity contribution in [1.82, 2.24) is 5.32 Å². The second-order valence-electron chi connectivity index (χ2n) is 21.7. The largest absolute Gasteiger partial charge is 1.00 e. The third-order valence-electron chi connectivity index (χ3n) is 13.0. The van der Waals surface area contributed by atoms with Crippen LogP contribution in [0, 0.1) is 0 Å². The highest BCUT2D eigenvalue weighted by atomic mass is 35.5. The number of quaternary nitrogens is 1. The van der Waals surface area contributed by atoms with Gasteiger partial charge in [-0.05, 0) is 88.2 Å². The lowest BCUT2D eigenvalue weighted by Gasteiger charge is -2.22. The first-order chi connectivity index (χ1) is 45.1. The first kappa shape index (κ1) is 92.1. The normalized spacial score (nSPS) is 11.8. The summed E-state index contributed by atoms with van der Waals surface area (Å²) in [6, 6.07) is 45.6. The highest BCUT2D eigenvalue weighted by molar-refractivity contribution is 7.78. The minimum atomic E-state index is -3.47. The van der Waals surface area contributed by atoms with Crippen LogP contribution in [-0.2, 0) is 33.3 Å². The van der Waals surface area contributed by atoms with E-state index in [-0.39, 0.29) is 69.9 Å². The summed E-state index contributed by atoms with van der Waals surface area (Å²) in [5.74, 6) is -17.9. The number of carbonyl (C=O) groups excluding carboxylic acids is 7. The van der Waals surface area contributed by atoms with Gasteiger partial charge in [0, 0.05) is 49.0 Å². The van der Waals surface area contributed by atoms with Crippen molar-refractivity contribution in [3.63, 3.8) is 0 Å². The van der Waals surface area contributed by atoms with Crippen molar-refractivity contribution in [2.24, 2.45) is 0 Å². The Morgan fingerprint density at radius 2 is 0.847 bits per heavy atom. The summed E-state index contributed by atoms with van der Waals surface area (Å²) in [6.07, 6.45) is -1.67. The SMILES string of the molecule is C.C.CCC(F)(F)CO.C[C@@H](C(=O)OCC(F)(F)CCC=S)c1cccc(C(=O)c2ccccc2)c1.C[C@@H](C(=O)OCC(F)(F)CNC(=O)OC(C)(C)C)c1cccc(C(=O)c2ccccc2)c1.C[C@@H](C(=O)OCC(F)(F)C[NH3+])c1cccc(C(=O)c2ccccc2)c1.Cl.[2H]CC.[3H]C.[Cl-]. The number of hydrogen-bond donors (Lipinski definition) is 3. The lowest BCUT2D eigenvalue weighted by molar-refractivity contribution is -0.409. The molecule has 0 saturated carbocycles. The zero-order valence-electron chi connectivity index (χ0n) is 56.8. The Morgan fingerprint density at radius 3 is 1.11 bits per heavy atom. The van der Waals surface area contributed by atoms with Crippen LogP contribution >= 0.6 is 24.6 Å². The Morgan fingerprint density at radius 1 is 0.551 bits per heavy atom. The molecule has 0 radical (unpaired) electrons. The van der Waals surface area contributed by atoms with Crippen LogP contribution in [0.5, 0.6) is 0 Å². The van der Waals surface area contributed by atoms with E-state index < -0.39 is 117 Å². The van der Waals surface area contributed by atoms with Crippen LogP contribution in [0.25, 0.3) is 0 Å². The molecule has 0 unspecified atom stereocenters. The predicted octanol–water partition coefficient (Wildman–Crippen LogP) is 13.5. The van der Waals surface area contributed by atoms with Crippen molar-refractivity contribution in [2.45, 2.75) is 151 Å². The third kappa shape index (κ3) is 35.5. The molecule has 0 heterocycles. The van der Waals surface area contributed by atoms with Gasteiger partial charge in [-0.3, -0.25) is 28.8 Å². The Kier molecular flexibility index (Phi) is 44.3. The first-order valence-corrected chi connectivity index (χ1v) is 29.8. The van der Waals surface area contributed by atoms with E-state index in [1.54, 1.807) is 193 Å². The van der Waals surface area contributed by atoms with Crippen LogP contribution < -0.4 is 23.5 Å². The molecule has 25 heteroatoms. The monoisotopic (exact) mass is 1450 g/mol. The van der Waals surface area contributed by atoms with Gasteiger partial charge in [0.25, 0.3) is 17.8 Å². The first-order valence-electron chi connectivity index (χ1n) is 31.0. The van der Waals surface area contributed by atoms with Crippen LogP contribution in [0.4, 0.5) is 39.9 Å². The van der Waals surface area contributed by atoms with Gasteiger partial charge in [0.15, 0.2) is 37.2 Å². The number of aliphatic hydroxyl groups excluding tert-OH is 1. The van der Waals surface area contributed by atoms with Gasteiger partial charge >= 0.3 is 29.9 Å². The number of aliphatic hydroxyl groups is 1. The molecule has 6 rings (SSSR count). The number of alkyl halides is 8.